The number of carbonyl (C=O) groups excluding carboxylic acids is 2. The van der Waals surface area contributed by atoms with Gasteiger partial charge in [0.2, 0.25) is 0 Å². The topological polar surface area (TPSA) is 40.6 Å². The average Bonchev–Trinajstić information content (AvgIpc) is 2.92. The standard InChI is InChI=1S/C23H26N2O2.Cr/c1-17(26)16-21(19-10-6-4-7-11-19)14-15-25-22(18(2)24(3)23(25)27)20-12-8-5-9-13-20;/h4-13,18,21-22H,14,16H2,1-3H3;/t18-,21+,22-;/m0./s1. The third-order valence-electron chi connectivity index (χ3n) is 5.49. The molecule has 146 valence electrons. The Kier molecular flexibility index (Phi) is 6.49. The molecule has 0 spiro atoms. The van der Waals surface area contributed by atoms with E-state index in [4.69, 9.17) is 0 Å². The van der Waals surface area contributed by atoms with E-state index in [-0.39, 0.29) is 29.8 Å². The number of hydrogen-bond donors (Lipinski definition) is 0. The third-order valence-corrected chi connectivity index (χ3v) is 6.06. The molecule has 0 aromatic heterocycles. The Morgan fingerprint density at radius 1 is 1.04 bits per heavy atom. The number of rotatable bonds is 7. The van der Waals surface area contributed by atoms with Gasteiger partial charge in [0.25, 0.3) is 0 Å². The predicted molar refractivity (Wildman–Crippen MR) is 108 cm³/mol. The van der Waals surface area contributed by atoms with E-state index in [1.807, 2.05) is 48.3 Å². The van der Waals surface area contributed by atoms with Crippen LogP contribution < -0.4 is 0 Å². The Bertz CT molecular complexity index is 853. The molecule has 0 N–H and O–H groups in total. The summed E-state index contributed by atoms with van der Waals surface area (Å²) in [6.07, 6.45) is 1.08. The van der Waals surface area contributed by atoms with Crippen molar-refractivity contribution in [2.45, 2.75) is 44.7 Å². The first kappa shape index (κ1) is 20.5. The fourth-order valence-corrected chi connectivity index (χ4v) is 4.53. The number of ketones is 1. The molecule has 3 rings (SSSR count). The van der Waals surface area contributed by atoms with Crippen molar-refractivity contribution in [1.82, 2.24) is 9.80 Å². The molecule has 1 saturated heterocycles. The fraction of sp³-hybridized carbons (Fsp3) is 0.348. The average molecular weight is 414 g/mol. The van der Waals surface area contributed by atoms with Crippen LogP contribution in [0.2, 0.25) is 0 Å². The van der Waals surface area contributed by atoms with E-state index >= 15 is 0 Å². The Labute approximate surface area is 175 Å². The van der Waals surface area contributed by atoms with Gasteiger partial charge in [0.1, 0.15) is 0 Å². The molecule has 0 aliphatic carbocycles. The monoisotopic (exact) mass is 414 g/mol. The van der Waals surface area contributed by atoms with E-state index in [0.717, 1.165) is 15.6 Å². The van der Waals surface area contributed by atoms with Crippen LogP contribution in [-0.2, 0) is 20.6 Å². The van der Waals surface area contributed by atoms with Crippen LogP contribution in [0.3, 0.4) is 0 Å². The van der Waals surface area contributed by atoms with Gasteiger partial charge in [-0.3, -0.25) is 0 Å². The van der Waals surface area contributed by atoms with Crippen molar-refractivity contribution in [2.24, 2.45) is 0 Å². The quantitative estimate of drug-likeness (QED) is 0.677. The molecule has 1 aliphatic heterocycles. The summed E-state index contributed by atoms with van der Waals surface area (Å²) in [7, 11) is 1.85. The van der Waals surface area contributed by atoms with Crippen LogP contribution >= 0.6 is 0 Å². The molecule has 4 nitrogen and oxygen atoms in total. The van der Waals surface area contributed by atoms with E-state index in [9.17, 15) is 9.59 Å². The van der Waals surface area contributed by atoms with Crippen molar-refractivity contribution in [3.8, 4) is 0 Å². The van der Waals surface area contributed by atoms with Crippen LogP contribution in [0.1, 0.15) is 49.8 Å². The number of carbonyl (C=O) groups is 2. The van der Waals surface area contributed by atoms with Gasteiger partial charge in [-0.05, 0) is 0 Å². The molecular weight excluding hydrogens is 388 g/mol. The van der Waals surface area contributed by atoms with Crippen LogP contribution in [0.4, 0.5) is 4.79 Å². The van der Waals surface area contributed by atoms with Crippen LogP contribution in [0.15, 0.2) is 60.7 Å². The summed E-state index contributed by atoms with van der Waals surface area (Å²) in [6, 6.07) is 20.2. The van der Waals surface area contributed by atoms with Crippen LogP contribution in [0.5, 0.6) is 0 Å². The first-order valence-corrected chi connectivity index (χ1v) is 10.2. The summed E-state index contributed by atoms with van der Waals surface area (Å²) >= 11 is 3.15. The molecule has 0 radical (unpaired) electrons. The molecule has 1 fully saturated rings. The van der Waals surface area contributed by atoms with Crippen LogP contribution in [-0.4, -0.2) is 39.2 Å². The van der Waals surface area contributed by atoms with E-state index in [2.05, 4.69) is 47.0 Å². The third kappa shape index (κ3) is 4.27. The molecule has 5 heteroatoms. The number of Topliss-reactive ketones (excluding diaryl/α,β-unsaturated/α-hetero) is 1. The summed E-state index contributed by atoms with van der Waals surface area (Å²) < 4.78 is 0.880. The number of benzene rings is 2. The minimum atomic E-state index is -0.0521. The normalized spacial score (nSPS) is 20.3. The van der Waals surface area contributed by atoms with Gasteiger partial charge in [-0.2, -0.15) is 0 Å². The molecule has 0 unspecified atom stereocenters. The summed E-state index contributed by atoms with van der Waals surface area (Å²) in [5.74, 6) is 0.194. The Morgan fingerprint density at radius 3 is 2.18 bits per heavy atom. The van der Waals surface area contributed by atoms with Gasteiger partial charge >= 0.3 is 175 Å². The SMILES string of the molecule is CC(=O)C[C@@H](C[C](=[Cr])N1C(=O)N(C)[C@@H](C)[C@H]1c1ccccc1)c1ccccc1. The van der Waals surface area contributed by atoms with Crippen molar-refractivity contribution in [3.05, 3.63) is 71.8 Å². The molecule has 1 aliphatic rings. The van der Waals surface area contributed by atoms with Crippen LogP contribution in [0, 0.1) is 0 Å². The molecule has 3 atom stereocenters. The summed E-state index contributed by atoms with van der Waals surface area (Å²) in [6.45, 7) is 3.70. The van der Waals surface area contributed by atoms with Gasteiger partial charge < -0.3 is 0 Å². The van der Waals surface area contributed by atoms with Crippen LogP contribution in [0.25, 0.3) is 0 Å². The van der Waals surface area contributed by atoms with E-state index in [1.165, 1.54) is 0 Å². The number of nitrogens with zero attached hydrogens (tertiary/aromatic N) is 2. The molecule has 0 bridgehead atoms. The minimum absolute atomic E-state index is 0.00950. The molecule has 28 heavy (non-hydrogen) atoms. The van der Waals surface area contributed by atoms with Crippen molar-refractivity contribution in [1.29, 1.82) is 0 Å². The van der Waals surface area contributed by atoms with Gasteiger partial charge in [-0.1, -0.05) is 0 Å². The molecule has 0 saturated carbocycles. The summed E-state index contributed by atoms with van der Waals surface area (Å²) in [5.41, 5.74) is 2.23. The second kappa shape index (κ2) is 8.86. The summed E-state index contributed by atoms with van der Waals surface area (Å²) in [5, 5.41) is 0. The maximum absolute atomic E-state index is 13.0. The zero-order chi connectivity index (χ0) is 20.3. The molecule has 2 amide bonds. The maximum atomic E-state index is 13.0. The second-order valence-corrected chi connectivity index (χ2v) is 8.21. The molecular formula is C23H26CrN2O2. The first-order valence-electron chi connectivity index (χ1n) is 9.58. The Hall–Kier alpha value is -2.22. The molecule has 2 aromatic carbocycles. The van der Waals surface area contributed by atoms with Gasteiger partial charge in [-0.15, -0.1) is 0 Å². The second-order valence-electron chi connectivity index (χ2n) is 7.47. The van der Waals surface area contributed by atoms with Crippen molar-refractivity contribution >= 4 is 16.3 Å². The first-order chi connectivity index (χ1) is 13.4. The van der Waals surface area contributed by atoms with E-state index < -0.39 is 0 Å². The van der Waals surface area contributed by atoms with Gasteiger partial charge in [-0.25, -0.2) is 0 Å². The fourth-order valence-electron chi connectivity index (χ4n) is 3.92. The van der Waals surface area contributed by atoms with Crippen molar-refractivity contribution in [2.75, 3.05) is 7.05 Å². The van der Waals surface area contributed by atoms with E-state index in [1.54, 1.807) is 11.8 Å². The Balaban J connectivity index is 1.89. The van der Waals surface area contributed by atoms with Gasteiger partial charge in [0, 0.05) is 0 Å². The summed E-state index contributed by atoms with van der Waals surface area (Å²) in [4.78, 5) is 28.6. The zero-order valence-electron chi connectivity index (χ0n) is 16.5. The Morgan fingerprint density at radius 2 is 1.61 bits per heavy atom. The van der Waals surface area contributed by atoms with E-state index in [0.29, 0.717) is 12.8 Å². The number of likely N-dealkylation sites (N-methyl/N-ethyl adjacent to an activating group) is 1. The molecule has 2 aromatic rings. The number of urea groups is 1. The number of amides is 2. The van der Waals surface area contributed by atoms with Gasteiger partial charge in [0.05, 0.1) is 0 Å². The molecule has 1 heterocycles. The number of hydrogen-bond acceptors (Lipinski definition) is 2. The van der Waals surface area contributed by atoms with Gasteiger partial charge in [0.15, 0.2) is 0 Å². The zero-order valence-corrected chi connectivity index (χ0v) is 17.8. The van der Waals surface area contributed by atoms with Crippen molar-refractivity contribution in [3.63, 3.8) is 0 Å². The predicted octanol–water partition coefficient (Wildman–Crippen LogP) is 4.31. The van der Waals surface area contributed by atoms with Crippen molar-refractivity contribution < 1.29 is 25.4 Å².